The van der Waals surface area contributed by atoms with Gasteiger partial charge < -0.3 is 14.4 Å². The van der Waals surface area contributed by atoms with Crippen molar-refractivity contribution in [2.75, 3.05) is 6.61 Å². The van der Waals surface area contributed by atoms with Crippen LogP contribution in [0.15, 0.2) is 55.1 Å². The van der Waals surface area contributed by atoms with Gasteiger partial charge in [0, 0.05) is 17.8 Å². The van der Waals surface area contributed by atoms with Gasteiger partial charge in [-0.1, -0.05) is 30.3 Å². The van der Waals surface area contributed by atoms with Gasteiger partial charge in [0.2, 0.25) is 0 Å². The van der Waals surface area contributed by atoms with Crippen LogP contribution in [0.4, 0.5) is 0 Å². The predicted octanol–water partition coefficient (Wildman–Crippen LogP) is 2.81. The summed E-state index contributed by atoms with van der Waals surface area (Å²) in [5.41, 5.74) is 0.180. The van der Waals surface area contributed by atoms with Crippen LogP contribution in [-0.2, 0) is 6.54 Å². The fraction of sp³-hybridized carbons (Fsp3) is 0.125. The van der Waals surface area contributed by atoms with Gasteiger partial charge in [0.05, 0.1) is 12.9 Å². The van der Waals surface area contributed by atoms with Crippen molar-refractivity contribution in [2.24, 2.45) is 0 Å². The Balaban J connectivity index is 1.90. The van der Waals surface area contributed by atoms with Crippen LogP contribution in [0.2, 0.25) is 0 Å². The molecule has 21 heavy (non-hydrogen) atoms. The van der Waals surface area contributed by atoms with E-state index in [1.54, 1.807) is 24.7 Å². The number of aromatic carboxylic acids is 1. The molecule has 5 heteroatoms. The lowest BCUT2D eigenvalue weighted by Crippen LogP contribution is -2.09. The standard InChI is InChI=1S/C16H14N2O3/c19-16(20)14-6-5-12-3-1-2-4-13(12)15(14)21-10-9-18-8-7-17-11-18/h1-8,11H,9-10H2,(H,19,20). The third kappa shape index (κ3) is 2.72. The number of hydrogen-bond donors (Lipinski definition) is 1. The number of rotatable bonds is 5. The van der Waals surface area contributed by atoms with Gasteiger partial charge in [0.25, 0.3) is 0 Å². The molecule has 0 saturated carbocycles. The number of imidazole rings is 1. The number of fused-ring (bicyclic) bond motifs is 1. The Labute approximate surface area is 121 Å². The maximum Gasteiger partial charge on any atom is 0.339 e. The summed E-state index contributed by atoms with van der Waals surface area (Å²) in [6.07, 6.45) is 5.23. The topological polar surface area (TPSA) is 64.3 Å². The van der Waals surface area contributed by atoms with E-state index < -0.39 is 5.97 Å². The molecule has 0 fully saturated rings. The molecule has 0 aliphatic rings. The molecule has 1 aromatic heterocycles. The molecule has 0 amide bonds. The zero-order valence-corrected chi connectivity index (χ0v) is 11.3. The molecule has 0 bridgehead atoms. The van der Waals surface area contributed by atoms with Gasteiger partial charge in [-0.05, 0) is 11.5 Å². The lowest BCUT2D eigenvalue weighted by atomic mass is 10.1. The van der Waals surface area contributed by atoms with Crippen molar-refractivity contribution in [1.29, 1.82) is 0 Å². The Morgan fingerprint density at radius 3 is 2.86 bits per heavy atom. The number of hydrogen-bond acceptors (Lipinski definition) is 3. The molecule has 3 rings (SSSR count). The van der Waals surface area contributed by atoms with E-state index in [1.165, 1.54) is 0 Å². The van der Waals surface area contributed by atoms with Gasteiger partial charge in [-0.2, -0.15) is 0 Å². The summed E-state index contributed by atoms with van der Waals surface area (Å²) >= 11 is 0. The molecule has 2 aromatic carbocycles. The highest BCUT2D eigenvalue weighted by Gasteiger charge is 2.14. The van der Waals surface area contributed by atoms with Crippen molar-refractivity contribution in [3.63, 3.8) is 0 Å². The number of nitrogens with zero attached hydrogens (tertiary/aromatic N) is 2. The van der Waals surface area contributed by atoms with Gasteiger partial charge in [0.15, 0.2) is 0 Å². The quantitative estimate of drug-likeness (QED) is 0.781. The first-order valence-corrected chi connectivity index (χ1v) is 6.59. The Bertz CT molecular complexity index is 766. The Hall–Kier alpha value is -2.82. The van der Waals surface area contributed by atoms with E-state index in [0.717, 1.165) is 10.8 Å². The van der Waals surface area contributed by atoms with E-state index in [9.17, 15) is 9.90 Å². The zero-order valence-electron chi connectivity index (χ0n) is 11.3. The first-order valence-electron chi connectivity index (χ1n) is 6.59. The van der Waals surface area contributed by atoms with Crippen molar-refractivity contribution in [3.05, 3.63) is 60.7 Å². The molecule has 0 aliphatic heterocycles. The molecule has 1 heterocycles. The van der Waals surface area contributed by atoms with Crippen LogP contribution >= 0.6 is 0 Å². The molecule has 0 aliphatic carbocycles. The average Bonchev–Trinajstić information content (AvgIpc) is 3.00. The molecule has 0 unspecified atom stereocenters. The van der Waals surface area contributed by atoms with Crippen molar-refractivity contribution in [3.8, 4) is 5.75 Å². The maximum absolute atomic E-state index is 11.4. The van der Waals surface area contributed by atoms with Gasteiger partial charge in [-0.3, -0.25) is 0 Å². The number of carboxylic acids is 1. The first kappa shape index (κ1) is 13.2. The van der Waals surface area contributed by atoms with Crippen molar-refractivity contribution < 1.29 is 14.6 Å². The fourth-order valence-corrected chi connectivity index (χ4v) is 2.24. The number of carbonyl (C=O) groups is 1. The summed E-state index contributed by atoms with van der Waals surface area (Å²) in [5, 5.41) is 11.1. The molecule has 5 nitrogen and oxygen atoms in total. The maximum atomic E-state index is 11.4. The third-order valence-electron chi connectivity index (χ3n) is 3.27. The smallest absolute Gasteiger partial charge is 0.339 e. The zero-order chi connectivity index (χ0) is 14.7. The van der Waals surface area contributed by atoms with E-state index in [4.69, 9.17) is 4.74 Å². The van der Waals surface area contributed by atoms with Gasteiger partial charge in [-0.25, -0.2) is 9.78 Å². The largest absolute Gasteiger partial charge is 0.490 e. The Morgan fingerprint density at radius 2 is 2.10 bits per heavy atom. The number of benzene rings is 2. The normalized spacial score (nSPS) is 10.7. The minimum absolute atomic E-state index is 0.180. The van der Waals surface area contributed by atoms with Crippen LogP contribution < -0.4 is 4.74 Å². The molecule has 0 radical (unpaired) electrons. The molecule has 0 atom stereocenters. The molecule has 3 aromatic rings. The van der Waals surface area contributed by atoms with Crippen LogP contribution in [-0.4, -0.2) is 27.2 Å². The molecule has 106 valence electrons. The average molecular weight is 282 g/mol. The first-order chi connectivity index (χ1) is 10.3. The lowest BCUT2D eigenvalue weighted by Gasteiger charge is -2.12. The molecule has 1 N–H and O–H groups in total. The van der Waals surface area contributed by atoms with E-state index in [-0.39, 0.29) is 5.56 Å². The van der Waals surface area contributed by atoms with E-state index in [0.29, 0.717) is 18.9 Å². The fourth-order valence-electron chi connectivity index (χ4n) is 2.24. The highest BCUT2D eigenvalue weighted by Crippen LogP contribution is 2.30. The van der Waals surface area contributed by atoms with E-state index >= 15 is 0 Å². The Morgan fingerprint density at radius 1 is 1.24 bits per heavy atom. The van der Waals surface area contributed by atoms with E-state index in [2.05, 4.69) is 4.98 Å². The van der Waals surface area contributed by atoms with E-state index in [1.807, 2.05) is 35.0 Å². The second-order valence-corrected chi connectivity index (χ2v) is 4.62. The lowest BCUT2D eigenvalue weighted by molar-refractivity contribution is 0.0692. The minimum atomic E-state index is -0.988. The summed E-state index contributed by atoms with van der Waals surface area (Å²) in [5.74, 6) is -0.570. The summed E-state index contributed by atoms with van der Waals surface area (Å²) in [7, 11) is 0. The van der Waals surface area contributed by atoms with Crippen molar-refractivity contribution >= 4 is 16.7 Å². The van der Waals surface area contributed by atoms with Gasteiger partial charge in [-0.15, -0.1) is 0 Å². The molecule has 0 saturated heterocycles. The highest BCUT2D eigenvalue weighted by atomic mass is 16.5. The summed E-state index contributed by atoms with van der Waals surface area (Å²) in [6, 6.07) is 11.0. The molecular formula is C16H14N2O3. The second-order valence-electron chi connectivity index (χ2n) is 4.62. The van der Waals surface area contributed by atoms with Crippen LogP contribution in [0.25, 0.3) is 10.8 Å². The van der Waals surface area contributed by atoms with Crippen LogP contribution in [0.5, 0.6) is 5.75 Å². The third-order valence-corrected chi connectivity index (χ3v) is 3.27. The highest BCUT2D eigenvalue weighted by molar-refractivity contribution is 6.00. The van der Waals surface area contributed by atoms with Gasteiger partial charge in [0.1, 0.15) is 17.9 Å². The molecule has 0 spiro atoms. The molecular weight excluding hydrogens is 268 g/mol. The van der Waals surface area contributed by atoms with Crippen LogP contribution in [0.3, 0.4) is 0 Å². The number of aromatic nitrogens is 2. The number of carboxylic acid groups (broad SMARTS) is 1. The summed E-state index contributed by atoms with van der Waals surface area (Å²) in [6.45, 7) is 0.993. The second kappa shape index (κ2) is 5.66. The SMILES string of the molecule is O=C(O)c1ccc2ccccc2c1OCCn1ccnc1. The van der Waals surface area contributed by atoms with Crippen LogP contribution in [0, 0.1) is 0 Å². The van der Waals surface area contributed by atoms with Gasteiger partial charge >= 0.3 is 5.97 Å². The minimum Gasteiger partial charge on any atom is -0.490 e. The monoisotopic (exact) mass is 282 g/mol. The Kier molecular flexibility index (Phi) is 3.55. The van der Waals surface area contributed by atoms with Crippen LogP contribution in [0.1, 0.15) is 10.4 Å². The predicted molar refractivity (Wildman–Crippen MR) is 78.6 cm³/mol. The summed E-state index contributed by atoms with van der Waals surface area (Å²) in [4.78, 5) is 15.3. The van der Waals surface area contributed by atoms with Crippen molar-refractivity contribution in [1.82, 2.24) is 9.55 Å². The van der Waals surface area contributed by atoms with Crippen molar-refractivity contribution in [2.45, 2.75) is 6.54 Å². The number of ether oxygens (including phenoxy) is 1. The summed E-state index contributed by atoms with van der Waals surface area (Å²) < 4.78 is 7.64.